The van der Waals surface area contributed by atoms with E-state index < -0.39 is 0 Å². The Bertz CT molecular complexity index is 574. The summed E-state index contributed by atoms with van der Waals surface area (Å²) in [5, 5.41) is 0. The summed E-state index contributed by atoms with van der Waals surface area (Å²) in [5.74, 6) is 0. The molecule has 2 heteroatoms. The summed E-state index contributed by atoms with van der Waals surface area (Å²) in [5.41, 5.74) is 11.7. The molecule has 0 amide bonds. The summed E-state index contributed by atoms with van der Waals surface area (Å²) in [7, 11) is 0. The van der Waals surface area contributed by atoms with Gasteiger partial charge in [-0.1, -0.05) is 48.0 Å². The van der Waals surface area contributed by atoms with Crippen LogP contribution >= 0.6 is 0 Å². The van der Waals surface area contributed by atoms with E-state index in [1.54, 1.807) is 0 Å². The minimum atomic E-state index is 0.0711. The van der Waals surface area contributed by atoms with Gasteiger partial charge in [0.05, 0.1) is 0 Å². The van der Waals surface area contributed by atoms with E-state index in [2.05, 4.69) is 60.4 Å². The number of hydrogen-bond acceptors (Lipinski definition) is 2. The summed E-state index contributed by atoms with van der Waals surface area (Å²) in [6.07, 6.45) is 2.41. The molecule has 2 N–H and O–H groups in total. The molecule has 1 aliphatic rings. The maximum absolute atomic E-state index is 6.39. The SMILES string of the molecule is Cc1ccc(C(N)CN2CCCc3ccccc32)cc1. The number of benzene rings is 2. The number of nitrogens with zero attached hydrogens (tertiary/aromatic N) is 1. The molecule has 3 rings (SSSR count). The van der Waals surface area contributed by atoms with Gasteiger partial charge in [0.15, 0.2) is 0 Å². The number of hydrogen-bond donors (Lipinski definition) is 1. The van der Waals surface area contributed by atoms with Crippen LogP contribution in [0.2, 0.25) is 0 Å². The first kappa shape index (κ1) is 13.2. The van der Waals surface area contributed by atoms with Gasteiger partial charge in [0, 0.05) is 24.8 Å². The van der Waals surface area contributed by atoms with Crippen molar-refractivity contribution in [2.75, 3.05) is 18.0 Å². The van der Waals surface area contributed by atoms with Crippen molar-refractivity contribution in [1.29, 1.82) is 0 Å². The molecular formula is C18H22N2. The van der Waals surface area contributed by atoms with E-state index in [9.17, 15) is 0 Å². The average Bonchev–Trinajstić information content (AvgIpc) is 2.48. The molecule has 2 nitrogen and oxygen atoms in total. The molecule has 2 aromatic carbocycles. The van der Waals surface area contributed by atoms with Gasteiger partial charge >= 0.3 is 0 Å². The molecule has 0 saturated heterocycles. The Morgan fingerprint density at radius 2 is 1.85 bits per heavy atom. The van der Waals surface area contributed by atoms with Crippen molar-refractivity contribution in [1.82, 2.24) is 0 Å². The Balaban J connectivity index is 1.77. The normalized spacial score (nSPS) is 15.8. The second-order valence-electron chi connectivity index (χ2n) is 5.70. The van der Waals surface area contributed by atoms with Gasteiger partial charge in [0.25, 0.3) is 0 Å². The van der Waals surface area contributed by atoms with Crippen LogP contribution in [0.25, 0.3) is 0 Å². The Morgan fingerprint density at radius 1 is 1.10 bits per heavy atom. The number of aryl methyl sites for hydroxylation is 2. The largest absolute Gasteiger partial charge is 0.369 e. The lowest BCUT2D eigenvalue weighted by Gasteiger charge is -2.33. The van der Waals surface area contributed by atoms with Crippen LogP contribution in [-0.4, -0.2) is 13.1 Å². The lowest BCUT2D eigenvalue weighted by molar-refractivity contribution is 0.625. The standard InChI is InChI=1S/C18H22N2/c1-14-8-10-15(11-9-14)17(19)13-20-12-4-6-16-5-2-3-7-18(16)20/h2-3,5,7-11,17H,4,6,12-13,19H2,1H3. The fraction of sp³-hybridized carbons (Fsp3) is 0.333. The van der Waals surface area contributed by atoms with Crippen molar-refractivity contribution in [2.24, 2.45) is 5.73 Å². The third-order valence-electron chi connectivity index (χ3n) is 4.13. The van der Waals surface area contributed by atoms with Crippen LogP contribution in [-0.2, 0) is 6.42 Å². The van der Waals surface area contributed by atoms with Crippen molar-refractivity contribution < 1.29 is 0 Å². The van der Waals surface area contributed by atoms with Crippen LogP contribution < -0.4 is 10.6 Å². The average molecular weight is 266 g/mol. The Hall–Kier alpha value is -1.80. The zero-order chi connectivity index (χ0) is 13.9. The molecule has 20 heavy (non-hydrogen) atoms. The molecule has 104 valence electrons. The van der Waals surface area contributed by atoms with E-state index in [0.717, 1.165) is 13.1 Å². The first-order chi connectivity index (χ1) is 9.74. The molecule has 1 aliphatic heterocycles. The minimum Gasteiger partial charge on any atom is -0.369 e. The highest BCUT2D eigenvalue weighted by Gasteiger charge is 2.18. The maximum atomic E-state index is 6.39. The lowest BCUT2D eigenvalue weighted by Crippen LogP contribution is -2.35. The number of rotatable bonds is 3. The fourth-order valence-corrected chi connectivity index (χ4v) is 2.96. The van der Waals surface area contributed by atoms with Gasteiger partial charge in [0.2, 0.25) is 0 Å². The molecule has 1 atom stereocenters. The van der Waals surface area contributed by atoms with Gasteiger partial charge < -0.3 is 10.6 Å². The molecule has 0 aliphatic carbocycles. The molecule has 0 radical (unpaired) electrons. The smallest absolute Gasteiger partial charge is 0.0473 e. The molecule has 0 bridgehead atoms. The van der Waals surface area contributed by atoms with E-state index in [4.69, 9.17) is 5.73 Å². The minimum absolute atomic E-state index is 0.0711. The zero-order valence-electron chi connectivity index (χ0n) is 12.0. The maximum Gasteiger partial charge on any atom is 0.0473 e. The molecule has 1 unspecified atom stereocenters. The summed E-state index contributed by atoms with van der Waals surface area (Å²) in [6, 6.07) is 17.3. The fourth-order valence-electron chi connectivity index (χ4n) is 2.96. The van der Waals surface area contributed by atoms with Gasteiger partial charge in [-0.25, -0.2) is 0 Å². The van der Waals surface area contributed by atoms with Gasteiger partial charge in [-0.05, 0) is 37.0 Å². The zero-order valence-corrected chi connectivity index (χ0v) is 12.0. The molecular weight excluding hydrogens is 244 g/mol. The van der Waals surface area contributed by atoms with Crippen LogP contribution in [0.3, 0.4) is 0 Å². The lowest BCUT2D eigenvalue weighted by atomic mass is 9.99. The van der Waals surface area contributed by atoms with Crippen molar-refractivity contribution >= 4 is 5.69 Å². The van der Waals surface area contributed by atoms with Gasteiger partial charge in [-0.15, -0.1) is 0 Å². The number of fused-ring (bicyclic) bond motifs is 1. The van der Waals surface area contributed by atoms with E-state index in [1.165, 1.54) is 35.2 Å². The van der Waals surface area contributed by atoms with Crippen LogP contribution in [0.15, 0.2) is 48.5 Å². The van der Waals surface area contributed by atoms with Crippen molar-refractivity contribution in [2.45, 2.75) is 25.8 Å². The third kappa shape index (κ3) is 2.70. The molecule has 1 heterocycles. The van der Waals surface area contributed by atoms with E-state index in [1.807, 2.05) is 0 Å². The number of nitrogens with two attached hydrogens (primary N) is 1. The second-order valence-corrected chi connectivity index (χ2v) is 5.70. The van der Waals surface area contributed by atoms with Gasteiger partial charge in [-0.2, -0.15) is 0 Å². The van der Waals surface area contributed by atoms with E-state index >= 15 is 0 Å². The second kappa shape index (κ2) is 5.68. The Kier molecular flexibility index (Phi) is 3.75. The van der Waals surface area contributed by atoms with Crippen LogP contribution in [0.5, 0.6) is 0 Å². The van der Waals surface area contributed by atoms with Crippen LogP contribution in [0.1, 0.15) is 29.2 Å². The molecule has 0 fully saturated rings. The highest BCUT2D eigenvalue weighted by Crippen LogP contribution is 2.28. The molecule has 2 aromatic rings. The summed E-state index contributed by atoms with van der Waals surface area (Å²) < 4.78 is 0. The summed E-state index contributed by atoms with van der Waals surface area (Å²) in [6.45, 7) is 4.10. The number of anilines is 1. The van der Waals surface area contributed by atoms with E-state index in [-0.39, 0.29) is 6.04 Å². The monoisotopic (exact) mass is 266 g/mol. The Morgan fingerprint density at radius 3 is 2.65 bits per heavy atom. The van der Waals surface area contributed by atoms with Crippen LogP contribution in [0, 0.1) is 6.92 Å². The topological polar surface area (TPSA) is 29.3 Å². The van der Waals surface area contributed by atoms with Crippen molar-refractivity contribution in [3.8, 4) is 0 Å². The first-order valence-electron chi connectivity index (χ1n) is 7.39. The van der Waals surface area contributed by atoms with Crippen molar-refractivity contribution in [3.63, 3.8) is 0 Å². The highest BCUT2D eigenvalue weighted by molar-refractivity contribution is 5.55. The predicted octanol–water partition coefficient (Wildman–Crippen LogP) is 3.45. The third-order valence-corrected chi connectivity index (χ3v) is 4.13. The van der Waals surface area contributed by atoms with E-state index in [0.29, 0.717) is 0 Å². The molecule has 0 spiro atoms. The van der Waals surface area contributed by atoms with Crippen LogP contribution in [0.4, 0.5) is 5.69 Å². The summed E-state index contributed by atoms with van der Waals surface area (Å²) in [4.78, 5) is 2.43. The molecule has 0 saturated carbocycles. The number of para-hydroxylation sites is 1. The Labute approximate surface area is 121 Å². The van der Waals surface area contributed by atoms with Crippen molar-refractivity contribution in [3.05, 3.63) is 65.2 Å². The van der Waals surface area contributed by atoms with Gasteiger partial charge in [0.1, 0.15) is 0 Å². The highest BCUT2D eigenvalue weighted by atomic mass is 15.1. The first-order valence-corrected chi connectivity index (χ1v) is 7.39. The predicted molar refractivity (Wildman–Crippen MR) is 85.1 cm³/mol. The van der Waals surface area contributed by atoms with Gasteiger partial charge in [-0.3, -0.25) is 0 Å². The quantitative estimate of drug-likeness (QED) is 0.922. The summed E-state index contributed by atoms with van der Waals surface area (Å²) >= 11 is 0. The molecule has 0 aromatic heterocycles.